The van der Waals surface area contributed by atoms with Crippen molar-refractivity contribution in [2.75, 3.05) is 10.6 Å². The van der Waals surface area contributed by atoms with Crippen LogP contribution in [0.2, 0.25) is 5.15 Å². The number of nitrogens with one attached hydrogen (secondary N) is 2. The third-order valence-electron chi connectivity index (χ3n) is 2.19. The van der Waals surface area contributed by atoms with Crippen LogP contribution < -0.4 is 10.6 Å². The maximum absolute atomic E-state index is 13.5. The van der Waals surface area contributed by atoms with E-state index in [0.717, 1.165) is 0 Å². The molecule has 0 bridgehead atoms. The number of amides is 2. The number of hydrogen-bond donors (Lipinski definition) is 2. The number of halogens is 3. The number of para-hydroxylation sites is 1. The standard InChI is InChI=1S/C12H8BrClFN3O/c13-8-2-1-3-9(15)11(8)18-12(19)17-7-4-5-16-10(14)6-7/h1-6H,(H2,16,17,18,19). The molecule has 19 heavy (non-hydrogen) atoms. The third kappa shape index (κ3) is 3.65. The first-order valence-electron chi connectivity index (χ1n) is 5.20. The van der Waals surface area contributed by atoms with Crippen molar-refractivity contribution in [1.82, 2.24) is 4.98 Å². The molecule has 7 heteroatoms. The average molecular weight is 345 g/mol. The van der Waals surface area contributed by atoms with Crippen molar-refractivity contribution >= 4 is 44.9 Å². The minimum Gasteiger partial charge on any atom is -0.308 e. The van der Waals surface area contributed by atoms with Crippen LogP contribution in [0.1, 0.15) is 0 Å². The van der Waals surface area contributed by atoms with E-state index >= 15 is 0 Å². The Morgan fingerprint density at radius 2 is 2.11 bits per heavy atom. The summed E-state index contributed by atoms with van der Waals surface area (Å²) in [5.74, 6) is -0.530. The molecule has 2 N–H and O–H groups in total. The Morgan fingerprint density at radius 1 is 1.32 bits per heavy atom. The summed E-state index contributed by atoms with van der Waals surface area (Å²) in [6.07, 6.45) is 1.46. The van der Waals surface area contributed by atoms with E-state index in [1.54, 1.807) is 12.1 Å². The van der Waals surface area contributed by atoms with Gasteiger partial charge in [-0.25, -0.2) is 14.2 Å². The van der Waals surface area contributed by atoms with Crippen molar-refractivity contribution in [2.24, 2.45) is 0 Å². The van der Waals surface area contributed by atoms with Crippen molar-refractivity contribution in [3.05, 3.63) is 52.0 Å². The molecule has 0 spiro atoms. The second-order valence-corrected chi connectivity index (χ2v) is 4.78. The molecule has 0 radical (unpaired) electrons. The van der Waals surface area contributed by atoms with Crippen LogP contribution in [-0.4, -0.2) is 11.0 Å². The van der Waals surface area contributed by atoms with Crippen molar-refractivity contribution < 1.29 is 9.18 Å². The average Bonchev–Trinajstić information content (AvgIpc) is 2.34. The quantitative estimate of drug-likeness (QED) is 0.799. The molecule has 1 heterocycles. The van der Waals surface area contributed by atoms with Gasteiger partial charge in [0, 0.05) is 16.4 Å². The monoisotopic (exact) mass is 343 g/mol. The second-order valence-electron chi connectivity index (χ2n) is 3.54. The summed E-state index contributed by atoms with van der Waals surface area (Å²) in [5, 5.41) is 5.19. The molecule has 0 saturated heterocycles. The second kappa shape index (κ2) is 5.99. The summed E-state index contributed by atoms with van der Waals surface area (Å²) in [4.78, 5) is 15.5. The number of benzene rings is 1. The number of anilines is 2. The normalized spacial score (nSPS) is 10.1. The molecule has 2 aromatic rings. The van der Waals surface area contributed by atoms with Crippen LogP contribution in [0.5, 0.6) is 0 Å². The number of pyridine rings is 1. The fraction of sp³-hybridized carbons (Fsp3) is 0. The largest absolute Gasteiger partial charge is 0.323 e. The van der Waals surface area contributed by atoms with Gasteiger partial charge in [-0.05, 0) is 40.2 Å². The first-order valence-corrected chi connectivity index (χ1v) is 6.37. The van der Waals surface area contributed by atoms with Gasteiger partial charge >= 0.3 is 6.03 Å². The summed E-state index contributed by atoms with van der Waals surface area (Å²) in [5.41, 5.74) is 0.533. The predicted molar refractivity (Wildman–Crippen MR) is 76.0 cm³/mol. The lowest BCUT2D eigenvalue weighted by Crippen LogP contribution is -2.20. The van der Waals surface area contributed by atoms with Crippen LogP contribution in [-0.2, 0) is 0 Å². The molecule has 0 aliphatic rings. The van der Waals surface area contributed by atoms with Gasteiger partial charge in [-0.3, -0.25) is 0 Å². The van der Waals surface area contributed by atoms with E-state index in [-0.39, 0.29) is 10.8 Å². The summed E-state index contributed by atoms with van der Waals surface area (Å²) < 4.78 is 14.0. The molecule has 0 saturated carbocycles. The van der Waals surface area contributed by atoms with E-state index < -0.39 is 11.8 Å². The van der Waals surface area contributed by atoms with Gasteiger partial charge in [-0.15, -0.1) is 0 Å². The highest BCUT2D eigenvalue weighted by Crippen LogP contribution is 2.25. The van der Waals surface area contributed by atoms with Gasteiger partial charge in [0.1, 0.15) is 11.0 Å². The smallest absolute Gasteiger partial charge is 0.308 e. The van der Waals surface area contributed by atoms with Gasteiger partial charge in [0.15, 0.2) is 0 Å². The first kappa shape index (κ1) is 13.8. The van der Waals surface area contributed by atoms with Crippen molar-refractivity contribution in [3.63, 3.8) is 0 Å². The first-order chi connectivity index (χ1) is 9.06. The highest BCUT2D eigenvalue weighted by atomic mass is 79.9. The number of rotatable bonds is 2. The van der Waals surface area contributed by atoms with Crippen molar-refractivity contribution in [2.45, 2.75) is 0 Å². The van der Waals surface area contributed by atoms with Gasteiger partial charge < -0.3 is 10.6 Å². The zero-order chi connectivity index (χ0) is 13.8. The molecule has 4 nitrogen and oxygen atoms in total. The highest BCUT2D eigenvalue weighted by molar-refractivity contribution is 9.10. The summed E-state index contributed by atoms with van der Waals surface area (Å²) in [7, 11) is 0. The maximum Gasteiger partial charge on any atom is 0.323 e. The molecule has 1 aromatic carbocycles. The number of carbonyl (C=O) groups is 1. The molecule has 2 rings (SSSR count). The SMILES string of the molecule is O=C(Nc1ccnc(Cl)c1)Nc1c(F)cccc1Br. The van der Waals surface area contributed by atoms with Gasteiger partial charge in [-0.2, -0.15) is 0 Å². The molecular formula is C12H8BrClFN3O. The topological polar surface area (TPSA) is 54.0 Å². The van der Waals surface area contributed by atoms with E-state index in [1.165, 1.54) is 24.4 Å². The number of carbonyl (C=O) groups excluding carboxylic acids is 1. The number of urea groups is 1. The van der Waals surface area contributed by atoms with Crippen LogP contribution in [0.4, 0.5) is 20.6 Å². The summed E-state index contributed by atoms with van der Waals surface area (Å²) in [6.45, 7) is 0. The van der Waals surface area contributed by atoms with Crippen LogP contribution in [0.15, 0.2) is 41.0 Å². The Kier molecular flexibility index (Phi) is 4.34. The fourth-order valence-electron chi connectivity index (χ4n) is 1.37. The van der Waals surface area contributed by atoms with E-state index in [0.29, 0.717) is 10.2 Å². The molecular weight excluding hydrogens is 337 g/mol. The zero-order valence-corrected chi connectivity index (χ0v) is 11.8. The van der Waals surface area contributed by atoms with Crippen LogP contribution >= 0.6 is 27.5 Å². The lowest BCUT2D eigenvalue weighted by Gasteiger charge is -2.09. The highest BCUT2D eigenvalue weighted by Gasteiger charge is 2.10. The minimum atomic E-state index is -0.576. The van der Waals surface area contributed by atoms with Gasteiger partial charge in [0.2, 0.25) is 0 Å². The van der Waals surface area contributed by atoms with E-state index in [9.17, 15) is 9.18 Å². The summed E-state index contributed by atoms with van der Waals surface area (Å²) >= 11 is 8.85. The molecule has 1 aromatic heterocycles. The lowest BCUT2D eigenvalue weighted by molar-refractivity contribution is 0.262. The third-order valence-corrected chi connectivity index (χ3v) is 3.05. The molecule has 2 amide bonds. The number of hydrogen-bond acceptors (Lipinski definition) is 2. The predicted octanol–water partition coefficient (Wildman–Crippen LogP) is 4.28. The zero-order valence-electron chi connectivity index (χ0n) is 9.45. The van der Waals surface area contributed by atoms with Crippen molar-refractivity contribution in [3.8, 4) is 0 Å². The Morgan fingerprint density at radius 3 is 2.79 bits per heavy atom. The molecule has 0 fully saturated rings. The van der Waals surface area contributed by atoms with Crippen LogP contribution in [0.3, 0.4) is 0 Å². The van der Waals surface area contributed by atoms with Gasteiger partial charge in [-0.1, -0.05) is 17.7 Å². The van der Waals surface area contributed by atoms with Crippen molar-refractivity contribution in [1.29, 1.82) is 0 Å². The molecule has 98 valence electrons. The lowest BCUT2D eigenvalue weighted by atomic mass is 10.3. The van der Waals surface area contributed by atoms with E-state index in [4.69, 9.17) is 11.6 Å². The van der Waals surface area contributed by atoms with E-state index in [1.807, 2.05) is 0 Å². The molecule has 0 aliphatic heterocycles. The summed E-state index contributed by atoms with van der Waals surface area (Å²) in [6, 6.07) is 6.89. The molecule has 0 unspecified atom stereocenters. The Balaban J connectivity index is 2.10. The molecule has 0 atom stereocenters. The minimum absolute atomic E-state index is 0.0696. The Bertz CT molecular complexity index is 603. The molecule has 0 aliphatic carbocycles. The van der Waals surface area contributed by atoms with E-state index in [2.05, 4.69) is 31.5 Å². The fourth-order valence-corrected chi connectivity index (χ4v) is 1.99. The van der Waals surface area contributed by atoms with Gasteiger partial charge in [0.05, 0.1) is 5.69 Å². The number of nitrogens with zero attached hydrogens (tertiary/aromatic N) is 1. The van der Waals surface area contributed by atoms with Gasteiger partial charge in [0.25, 0.3) is 0 Å². The Labute approximate surface area is 122 Å². The Hall–Kier alpha value is -1.66. The number of aromatic nitrogens is 1. The van der Waals surface area contributed by atoms with Crippen LogP contribution in [0, 0.1) is 5.82 Å². The van der Waals surface area contributed by atoms with Crippen LogP contribution in [0.25, 0.3) is 0 Å². The maximum atomic E-state index is 13.5.